The van der Waals surface area contributed by atoms with E-state index in [0.29, 0.717) is 19.1 Å². The van der Waals surface area contributed by atoms with Gasteiger partial charge in [-0.25, -0.2) is 4.79 Å². The topological polar surface area (TPSA) is 53.0 Å². The first-order valence-corrected chi connectivity index (χ1v) is 7.58. The number of rotatable bonds is 1. The second-order valence-corrected chi connectivity index (χ2v) is 7.28. The number of aliphatic hydroxyl groups is 1. The number of ether oxygens (including phenoxy) is 1. The summed E-state index contributed by atoms with van der Waals surface area (Å²) >= 11 is 2.28. The van der Waals surface area contributed by atoms with Gasteiger partial charge in [0.05, 0.1) is 10.2 Å². The lowest BCUT2D eigenvalue weighted by Crippen LogP contribution is -2.62. The second-order valence-electron chi connectivity index (χ2n) is 6.01. The summed E-state index contributed by atoms with van der Waals surface area (Å²) in [4.78, 5) is 15.8. The van der Waals surface area contributed by atoms with Gasteiger partial charge >= 0.3 is 6.09 Å². The number of alkyl halides is 1. The molecule has 104 valence electrons. The van der Waals surface area contributed by atoms with Crippen molar-refractivity contribution in [2.24, 2.45) is 0 Å². The van der Waals surface area contributed by atoms with Crippen LogP contribution in [0.3, 0.4) is 0 Å². The van der Waals surface area contributed by atoms with Crippen molar-refractivity contribution >= 4 is 28.7 Å². The molecule has 0 aliphatic carbocycles. The van der Waals surface area contributed by atoms with Gasteiger partial charge in [-0.3, -0.25) is 4.90 Å². The van der Waals surface area contributed by atoms with E-state index in [1.54, 1.807) is 4.90 Å². The highest BCUT2D eigenvalue weighted by molar-refractivity contribution is 14.1. The summed E-state index contributed by atoms with van der Waals surface area (Å²) < 4.78 is 5.49. The molecular formula is C12H21IN2O3. The zero-order valence-electron chi connectivity index (χ0n) is 11.1. The smallest absolute Gasteiger partial charge is 0.410 e. The zero-order valence-corrected chi connectivity index (χ0v) is 13.3. The molecule has 0 bridgehead atoms. The van der Waals surface area contributed by atoms with Crippen LogP contribution in [0.15, 0.2) is 0 Å². The van der Waals surface area contributed by atoms with E-state index in [1.165, 1.54) is 0 Å². The van der Waals surface area contributed by atoms with E-state index in [0.717, 1.165) is 13.0 Å². The molecule has 0 aromatic rings. The minimum Gasteiger partial charge on any atom is -0.444 e. The lowest BCUT2D eigenvalue weighted by atomic mass is 10.1. The quantitative estimate of drug-likeness (QED) is 0.432. The molecule has 2 aliphatic rings. The van der Waals surface area contributed by atoms with Crippen molar-refractivity contribution in [2.75, 3.05) is 19.6 Å². The van der Waals surface area contributed by atoms with Gasteiger partial charge in [-0.2, -0.15) is 0 Å². The Bertz CT molecular complexity index is 326. The highest BCUT2D eigenvalue weighted by Gasteiger charge is 2.43. The lowest BCUT2D eigenvalue weighted by Gasteiger charge is -2.45. The van der Waals surface area contributed by atoms with E-state index in [-0.39, 0.29) is 16.2 Å². The fourth-order valence-corrected chi connectivity index (χ4v) is 3.38. The van der Waals surface area contributed by atoms with Crippen LogP contribution in [0.5, 0.6) is 0 Å². The van der Waals surface area contributed by atoms with Crippen LogP contribution < -0.4 is 0 Å². The third-order valence-electron chi connectivity index (χ3n) is 3.30. The maximum Gasteiger partial charge on any atom is 0.410 e. The second kappa shape index (κ2) is 5.13. The van der Waals surface area contributed by atoms with E-state index in [9.17, 15) is 9.90 Å². The Balaban J connectivity index is 1.79. The predicted molar refractivity (Wildman–Crippen MR) is 76.7 cm³/mol. The number of aliphatic hydroxyl groups excluding tert-OH is 1. The average Bonchev–Trinajstić information content (AvgIpc) is 2.44. The maximum atomic E-state index is 11.8. The molecule has 0 aromatic carbocycles. The maximum absolute atomic E-state index is 11.8. The molecule has 2 atom stereocenters. The number of amides is 1. The molecule has 2 unspecified atom stereocenters. The Morgan fingerprint density at radius 3 is 2.44 bits per heavy atom. The fraction of sp³-hybridized carbons (Fsp3) is 0.917. The highest BCUT2D eigenvalue weighted by Crippen LogP contribution is 2.29. The number of likely N-dealkylation sites (tertiary alicyclic amines) is 2. The first-order valence-electron chi connectivity index (χ1n) is 6.34. The van der Waals surface area contributed by atoms with Gasteiger partial charge in [0.25, 0.3) is 0 Å². The summed E-state index contributed by atoms with van der Waals surface area (Å²) in [5, 5.41) is 9.71. The summed E-state index contributed by atoms with van der Waals surface area (Å²) in [6, 6.07) is 0.372. The van der Waals surface area contributed by atoms with Crippen LogP contribution in [0.25, 0.3) is 0 Å². The van der Waals surface area contributed by atoms with E-state index in [4.69, 9.17) is 4.74 Å². The molecule has 2 rings (SSSR count). The molecule has 2 heterocycles. The van der Waals surface area contributed by atoms with E-state index in [2.05, 4.69) is 27.5 Å². The molecule has 2 saturated heterocycles. The van der Waals surface area contributed by atoms with Gasteiger partial charge in [0.15, 0.2) is 0 Å². The molecule has 2 aliphatic heterocycles. The summed E-state index contributed by atoms with van der Waals surface area (Å²) in [7, 11) is 0. The molecule has 5 nitrogen and oxygen atoms in total. The summed E-state index contributed by atoms with van der Waals surface area (Å²) in [6.45, 7) is 7.96. The Hall–Kier alpha value is -0.0800. The van der Waals surface area contributed by atoms with Gasteiger partial charge in [0.1, 0.15) is 5.60 Å². The van der Waals surface area contributed by atoms with Crippen LogP contribution in [-0.2, 0) is 4.74 Å². The highest BCUT2D eigenvalue weighted by atomic mass is 127. The largest absolute Gasteiger partial charge is 0.444 e. The van der Waals surface area contributed by atoms with Crippen molar-refractivity contribution in [3.8, 4) is 0 Å². The molecule has 18 heavy (non-hydrogen) atoms. The minimum absolute atomic E-state index is 0.174. The first kappa shape index (κ1) is 14.3. The Labute approximate surface area is 122 Å². The Morgan fingerprint density at radius 2 is 2.00 bits per heavy atom. The van der Waals surface area contributed by atoms with E-state index < -0.39 is 5.60 Å². The van der Waals surface area contributed by atoms with Crippen LogP contribution in [0.1, 0.15) is 27.2 Å². The standard InChI is InChI=1S/C12H21IN2O3/c1-12(2,3)18-11(17)14-6-8(7-14)15-5-4-9(16)10(15)13/h8-10,16H,4-7H2,1-3H3. The molecule has 2 fully saturated rings. The van der Waals surface area contributed by atoms with Crippen LogP contribution in [0, 0.1) is 0 Å². The van der Waals surface area contributed by atoms with E-state index in [1.807, 2.05) is 20.8 Å². The Morgan fingerprint density at radius 1 is 1.39 bits per heavy atom. The van der Waals surface area contributed by atoms with Gasteiger partial charge in [-0.05, 0) is 27.2 Å². The molecule has 1 amide bonds. The average molecular weight is 368 g/mol. The predicted octanol–water partition coefficient (Wildman–Crippen LogP) is 1.43. The molecule has 1 N–H and O–H groups in total. The number of halogens is 1. The summed E-state index contributed by atoms with van der Waals surface area (Å²) in [6.07, 6.45) is 0.362. The van der Waals surface area contributed by atoms with Crippen molar-refractivity contribution in [2.45, 2.75) is 49.0 Å². The SMILES string of the molecule is CC(C)(C)OC(=O)N1CC(N2CCC(O)C2I)C1. The Kier molecular flexibility index (Phi) is 4.08. The monoisotopic (exact) mass is 368 g/mol. The van der Waals surface area contributed by atoms with Gasteiger partial charge in [0.2, 0.25) is 0 Å². The van der Waals surface area contributed by atoms with Gasteiger partial charge in [-0.15, -0.1) is 0 Å². The van der Waals surface area contributed by atoms with E-state index >= 15 is 0 Å². The van der Waals surface area contributed by atoms with Crippen molar-refractivity contribution in [1.82, 2.24) is 9.80 Å². The lowest BCUT2D eigenvalue weighted by molar-refractivity contribution is -0.0141. The summed E-state index contributed by atoms with van der Waals surface area (Å²) in [5.74, 6) is 0. The number of hydrogen-bond acceptors (Lipinski definition) is 4. The zero-order chi connectivity index (χ0) is 13.5. The number of nitrogens with zero attached hydrogens (tertiary/aromatic N) is 2. The molecule has 0 radical (unpaired) electrons. The molecule has 0 aromatic heterocycles. The third-order valence-corrected chi connectivity index (χ3v) is 4.85. The fourth-order valence-electron chi connectivity index (χ4n) is 2.29. The first-order chi connectivity index (χ1) is 8.28. The van der Waals surface area contributed by atoms with Crippen LogP contribution in [0.2, 0.25) is 0 Å². The van der Waals surface area contributed by atoms with Crippen LogP contribution in [0.4, 0.5) is 4.79 Å². The molecule has 6 heteroatoms. The van der Waals surface area contributed by atoms with Gasteiger partial charge in [0, 0.05) is 25.7 Å². The van der Waals surface area contributed by atoms with Gasteiger partial charge in [-0.1, -0.05) is 22.6 Å². The number of carbonyl (C=O) groups is 1. The normalized spacial score (nSPS) is 30.4. The number of carbonyl (C=O) groups excluding carboxylic acids is 1. The van der Waals surface area contributed by atoms with Crippen molar-refractivity contribution in [3.05, 3.63) is 0 Å². The summed E-state index contributed by atoms with van der Waals surface area (Å²) in [5.41, 5.74) is -0.433. The van der Waals surface area contributed by atoms with Crippen molar-refractivity contribution in [1.29, 1.82) is 0 Å². The molecule has 0 spiro atoms. The van der Waals surface area contributed by atoms with Crippen LogP contribution >= 0.6 is 22.6 Å². The van der Waals surface area contributed by atoms with Crippen molar-refractivity contribution in [3.63, 3.8) is 0 Å². The third kappa shape index (κ3) is 3.08. The van der Waals surface area contributed by atoms with Crippen LogP contribution in [-0.4, -0.2) is 62.4 Å². The minimum atomic E-state index is -0.433. The molecular weight excluding hydrogens is 347 g/mol. The number of hydrogen-bond donors (Lipinski definition) is 1. The van der Waals surface area contributed by atoms with Crippen molar-refractivity contribution < 1.29 is 14.6 Å². The molecule has 0 saturated carbocycles. The van der Waals surface area contributed by atoms with Gasteiger partial charge < -0.3 is 14.7 Å².